The van der Waals surface area contributed by atoms with Gasteiger partial charge in [0.2, 0.25) is 11.7 Å². The summed E-state index contributed by atoms with van der Waals surface area (Å²) in [7, 11) is 0. The lowest BCUT2D eigenvalue weighted by molar-refractivity contribution is -0.137. The molecular weight excluding hydrogens is 540 g/mol. The largest absolute Gasteiger partial charge is 0.417 e. The van der Waals surface area contributed by atoms with Crippen molar-refractivity contribution in [2.75, 3.05) is 18.0 Å². The van der Waals surface area contributed by atoms with Crippen LogP contribution < -0.4 is 10.2 Å². The highest BCUT2D eigenvalue weighted by molar-refractivity contribution is 6.31. The molecule has 1 N–H and O–H groups in total. The highest BCUT2D eigenvalue weighted by Crippen LogP contribution is 2.37. The minimum Gasteiger partial charge on any atom is -0.354 e. The Morgan fingerprint density at radius 3 is 2.44 bits per heavy atom. The van der Waals surface area contributed by atoms with E-state index in [0.717, 1.165) is 21.3 Å². The summed E-state index contributed by atoms with van der Waals surface area (Å²) in [4.78, 5) is 27.7. The van der Waals surface area contributed by atoms with Crippen LogP contribution >= 0.6 is 11.6 Å². The van der Waals surface area contributed by atoms with Crippen LogP contribution in [0, 0.1) is 5.82 Å². The Balaban J connectivity index is 1.54. The van der Waals surface area contributed by atoms with Gasteiger partial charge in [0.15, 0.2) is 0 Å². The zero-order valence-electron chi connectivity index (χ0n) is 20.2. The van der Waals surface area contributed by atoms with Crippen molar-refractivity contribution in [3.8, 4) is 11.4 Å². The molecule has 0 aliphatic carbocycles. The number of hydrogen-bond donors (Lipinski definition) is 1. The quantitative estimate of drug-likeness (QED) is 0.303. The van der Waals surface area contributed by atoms with Gasteiger partial charge in [0.05, 0.1) is 16.1 Å². The standard InChI is InChI=1S/C26H21ClF4N6O2/c27-21-11-10-18(14-20(21)26(29,30)31)36(15-23(38)32-13-12-17-6-2-1-3-7-17)24(39)16-37-34-25(33-35-37)19-8-4-5-9-22(19)28/h1-11,14H,12-13,15-16H2,(H,32,38). The van der Waals surface area contributed by atoms with Crippen molar-refractivity contribution in [3.63, 3.8) is 0 Å². The Morgan fingerprint density at radius 2 is 1.72 bits per heavy atom. The summed E-state index contributed by atoms with van der Waals surface area (Å²) in [6.45, 7) is -0.917. The van der Waals surface area contributed by atoms with E-state index in [2.05, 4.69) is 20.7 Å². The maximum absolute atomic E-state index is 14.1. The van der Waals surface area contributed by atoms with E-state index in [1.165, 1.54) is 24.3 Å². The molecule has 0 radical (unpaired) electrons. The van der Waals surface area contributed by atoms with Gasteiger partial charge in [-0.3, -0.25) is 9.59 Å². The van der Waals surface area contributed by atoms with Gasteiger partial charge in [0.1, 0.15) is 18.9 Å². The fourth-order valence-electron chi connectivity index (χ4n) is 3.68. The first-order valence-electron chi connectivity index (χ1n) is 11.6. The van der Waals surface area contributed by atoms with Crippen LogP contribution in [0.15, 0.2) is 72.8 Å². The number of hydrogen-bond acceptors (Lipinski definition) is 5. The molecule has 202 valence electrons. The summed E-state index contributed by atoms with van der Waals surface area (Å²) < 4.78 is 54.6. The first kappa shape index (κ1) is 27.7. The van der Waals surface area contributed by atoms with Crippen LogP contribution in [0.25, 0.3) is 11.4 Å². The van der Waals surface area contributed by atoms with Gasteiger partial charge in [-0.25, -0.2) is 4.39 Å². The average Bonchev–Trinajstić information content (AvgIpc) is 3.36. The molecule has 3 aromatic carbocycles. The second kappa shape index (κ2) is 12.0. The molecule has 0 saturated heterocycles. The van der Waals surface area contributed by atoms with Gasteiger partial charge >= 0.3 is 6.18 Å². The van der Waals surface area contributed by atoms with Gasteiger partial charge in [-0.05, 0) is 47.5 Å². The molecule has 4 aromatic rings. The summed E-state index contributed by atoms with van der Waals surface area (Å²) >= 11 is 5.74. The number of amides is 2. The SMILES string of the molecule is O=C(CN(C(=O)Cn1nnc(-c2ccccc2F)n1)c1ccc(Cl)c(C(F)(F)F)c1)NCCc1ccccc1. The molecular formula is C26H21ClF4N6O2. The second-order valence-electron chi connectivity index (χ2n) is 8.35. The lowest BCUT2D eigenvalue weighted by atomic mass is 10.1. The third-order valence-electron chi connectivity index (χ3n) is 5.59. The van der Waals surface area contributed by atoms with Crippen molar-refractivity contribution in [3.05, 3.63) is 94.8 Å². The Hall–Kier alpha value is -4.32. The maximum Gasteiger partial charge on any atom is 0.417 e. The summed E-state index contributed by atoms with van der Waals surface area (Å²) in [5.41, 5.74) is -0.339. The predicted octanol–water partition coefficient (Wildman–Crippen LogP) is 4.54. The van der Waals surface area contributed by atoms with E-state index in [0.29, 0.717) is 12.5 Å². The first-order chi connectivity index (χ1) is 18.6. The van der Waals surface area contributed by atoms with Crippen molar-refractivity contribution in [1.82, 2.24) is 25.5 Å². The van der Waals surface area contributed by atoms with Crippen molar-refractivity contribution < 1.29 is 27.2 Å². The maximum atomic E-state index is 14.1. The Morgan fingerprint density at radius 1 is 1.00 bits per heavy atom. The van der Waals surface area contributed by atoms with Gasteiger partial charge in [-0.2, -0.15) is 18.0 Å². The van der Waals surface area contributed by atoms with Crippen LogP contribution in [0.1, 0.15) is 11.1 Å². The number of halogens is 5. The molecule has 1 heterocycles. The van der Waals surface area contributed by atoms with Crippen LogP contribution in [0.5, 0.6) is 0 Å². The smallest absolute Gasteiger partial charge is 0.354 e. The average molecular weight is 561 g/mol. The molecule has 0 unspecified atom stereocenters. The van der Waals surface area contributed by atoms with E-state index >= 15 is 0 Å². The van der Waals surface area contributed by atoms with Crippen molar-refractivity contribution in [1.29, 1.82) is 0 Å². The number of benzene rings is 3. The van der Waals surface area contributed by atoms with E-state index in [-0.39, 0.29) is 23.6 Å². The van der Waals surface area contributed by atoms with Gasteiger partial charge in [0, 0.05) is 12.2 Å². The molecule has 1 aromatic heterocycles. The number of carbonyl (C=O) groups excluding carboxylic acids is 2. The molecule has 4 rings (SSSR count). The molecule has 39 heavy (non-hydrogen) atoms. The number of alkyl halides is 3. The molecule has 0 spiro atoms. The van der Waals surface area contributed by atoms with Gasteiger partial charge < -0.3 is 10.2 Å². The minimum absolute atomic E-state index is 0.0540. The van der Waals surface area contributed by atoms with Gasteiger partial charge in [0.25, 0.3) is 5.91 Å². The number of aromatic nitrogens is 4. The molecule has 0 fully saturated rings. The first-order valence-corrected chi connectivity index (χ1v) is 12.0. The topological polar surface area (TPSA) is 93.0 Å². The number of anilines is 1. The number of carbonyl (C=O) groups is 2. The van der Waals surface area contributed by atoms with E-state index in [1.807, 2.05) is 30.3 Å². The molecule has 0 atom stereocenters. The highest BCUT2D eigenvalue weighted by Gasteiger charge is 2.34. The van der Waals surface area contributed by atoms with Crippen LogP contribution in [0.3, 0.4) is 0 Å². The van der Waals surface area contributed by atoms with E-state index in [9.17, 15) is 27.2 Å². The van der Waals surface area contributed by atoms with E-state index in [4.69, 9.17) is 11.6 Å². The normalized spacial score (nSPS) is 11.3. The monoisotopic (exact) mass is 560 g/mol. The third-order valence-corrected chi connectivity index (χ3v) is 5.92. The Labute approximate surface area is 225 Å². The van der Waals surface area contributed by atoms with Gasteiger partial charge in [-0.1, -0.05) is 54.1 Å². The zero-order valence-corrected chi connectivity index (χ0v) is 21.0. The summed E-state index contributed by atoms with van der Waals surface area (Å²) in [5, 5.41) is 13.6. The van der Waals surface area contributed by atoms with E-state index < -0.39 is 47.5 Å². The Bertz CT molecular complexity index is 1460. The number of nitrogens with zero attached hydrogens (tertiary/aromatic N) is 5. The second-order valence-corrected chi connectivity index (χ2v) is 8.76. The summed E-state index contributed by atoms with van der Waals surface area (Å²) in [6.07, 6.45) is -4.27. The fourth-order valence-corrected chi connectivity index (χ4v) is 3.90. The number of rotatable bonds is 9. The fraction of sp³-hybridized carbons (Fsp3) is 0.192. The zero-order chi connectivity index (χ0) is 28.0. The summed E-state index contributed by atoms with van der Waals surface area (Å²) in [6, 6.07) is 17.9. The molecule has 2 amide bonds. The van der Waals surface area contributed by atoms with Crippen LogP contribution in [-0.4, -0.2) is 45.1 Å². The van der Waals surface area contributed by atoms with Gasteiger partial charge in [-0.15, -0.1) is 10.2 Å². The van der Waals surface area contributed by atoms with E-state index in [1.54, 1.807) is 6.07 Å². The lowest BCUT2D eigenvalue weighted by Crippen LogP contribution is -2.43. The lowest BCUT2D eigenvalue weighted by Gasteiger charge is -2.23. The Kier molecular flexibility index (Phi) is 8.55. The minimum atomic E-state index is -4.79. The molecule has 13 heteroatoms. The van der Waals surface area contributed by atoms with Crippen LogP contribution in [0.2, 0.25) is 5.02 Å². The number of tetrazole rings is 1. The molecule has 0 aliphatic rings. The van der Waals surface area contributed by atoms with Crippen LogP contribution in [-0.2, 0) is 28.7 Å². The summed E-state index contributed by atoms with van der Waals surface area (Å²) in [5.74, 6) is -2.09. The van der Waals surface area contributed by atoms with Crippen molar-refractivity contribution >= 4 is 29.1 Å². The number of nitrogens with one attached hydrogen (secondary N) is 1. The molecule has 8 nitrogen and oxygen atoms in total. The van der Waals surface area contributed by atoms with Crippen molar-refractivity contribution in [2.45, 2.75) is 19.1 Å². The molecule has 0 saturated carbocycles. The molecule has 0 aliphatic heterocycles. The van der Waals surface area contributed by atoms with Crippen LogP contribution in [0.4, 0.5) is 23.2 Å². The predicted molar refractivity (Wildman–Crippen MR) is 135 cm³/mol. The molecule has 0 bridgehead atoms. The van der Waals surface area contributed by atoms with Crippen molar-refractivity contribution in [2.24, 2.45) is 0 Å². The highest BCUT2D eigenvalue weighted by atomic mass is 35.5. The third kappa shape index (κ3) is 7.17.